The van der Waals surface area contributed by atoms with Gasteiger partial charge in [-0.05, 0) is 73.0 Å². The molecule has 10 fully saturated rings. The fourth-order valence-corrected chi connectivity index (χ4v) is 12.0. The molecule has 2 saturated heterocycles. The molecule has 2 aliphatic heterocycles. The molecular weight excluding hydrogens is 304 g/mol. The minimum atomic E-state index is -0.451. The van der Waals surface area contributed by atoms with Crippen LogP contribution >= 0.6 is 0 Å². The monoisotopic (exact) mass is 324 g/mol. The zero-order chi connectivity index (χ0) is 15.3. The molecule has 10 rings (SSSR count). The number of hydrogen-bond donors (Lipinski definition) is 0. The number of ether oxygens (including phenoxy) is 2. The number of hydrogen-bond acceptors (Lipinski definition) is 4. The van der Waals surface area contributed by atoms with Crippen molar-refractivity contribution in [3.8, 4) is 0 Å². The van der Waals surface area contributed by atoms with Crippen LogP contribution in [-0.2, 0) is 19.1 Å². The van der Waals surface area contributed by atoms with Gasteiger partial charge in [-0.3, -0.25) is 9.59 Å². The Hall–Kier alpha value is -1.06. The van der Waals surface area contributed by atoms with Crippen molar-refractivity contribution in [1.29, 1.82) is 0 Å². The van der Waals surface area contributed by atoms with Gasteiger partial charge in [-0.1, -0.05) is 0 Å². The van der Waals surface area contributed by atoms with Crippen LogP contribution in [-0.4, -0.2) is 24.1 Å². The number of rotatable bonds is 0. The van der Waals surface area contributed by atoms with Crippen molar-refractivity contribution in [3.05, 3.63) is 0 Å². The largest absolute Gasteiger partial charge is 0.462 e. The summed E-state index contributed by atoms with van der Waals surface area (Å²) >= 11 is 0. The average Bonchev–Trinajstić information content (AvgIpc) is 3.34. The first-order chi connectivity index (χ1) is 11.7. The molecule has 14 atom stereocenters. The Morgan fingerprint density at radius 1 is 0.625 bits per heavy atom. The first-order valence-corrected chi connectivity index (χ1v) is 10.2. The molecule has 0 aromatic heterocycles. The van der Waals surface area contributed by atoms with Gasteiger partial charge in [0.2, 0.25) is 0 Å². The van der Waals surface area contributed by atoms with Crippen LogP contribution in [0.5, 0.6) is 0 Å². The third-order valence-electron chi connectivity index (χ3n) is 11.3. The molecule has 0 unspecified atom stereocenters. The standard InChI is InChI=1S/C20H20O4/c21-17-19-13-5-1-3-7-9(5)15-11(13)12-14(20(15,19)18(22)23-7)6-2-4-8(24-17)10(6)16(12)19/h5-16H,1-4H2/t5-,6-,7-,8-,9-,10+,11+,12+,13-,14+,15+,16+,19-,20-/m1/s1. The molecular formula is C20H20O4. The van der Waals surface area contributed by atoms with E-state index in [9.17, 15) is 9.59 Å². The molecule has 0 amide bonds. The van der Waals surface area contributed by atoms with E-state index in [0.717, 1.165) is 12.8 Å². The van der Waals surface area contributed by atoms with Crippen LogP contribution in [0.15, 0.2) is 0 Å². The Morgan fingerprint density at radius 3 is 1.54 bits per heavy atom. The first-order valence-electron chi connectivity index (χ1n) is 10.2. The van der Waals surface area contributed by atoms with Crippen LogP contribution in [0.3, 0.4) is 0 Å². The molecule has 0 aromatic carbocycles. The Morgan fingerprint density at radius 2 is 1.08 bits per heavy atom. The van der Waals surface area contributed by atoms with E-state index in [1.165, 1.54) is 12.8 Å². The molecule has 24 heavy (non-hydrogen) atoms. The van der Waals surface area contributed by atoms with Gasteiger partial charge in [0.1, 0.15) is 12.2 Å². The van der Waals surface area contributed by atoms with E-state index in [2.05, 4.69) is 0 Å². The molecule has 124 valence electrons. The Kier molecular flexibility index (Phi) is 1.33. The van der Waals surface area contributed by atoms with Gasteiger partial charge in [0.25, 0.3) is 0 Å². The van der Waals surface area contributed by atoms with Crippen LogP contribution < -0.4 is 0 Å². The van der Waals surface area contributed by atoms with Crippen LogP contribution in [0.2, 0.25) is 0 Å². The van der Waals surface area contributed by atoms with Gasteiger partial charge in [-0.2, -0.15) is 0 Å². The predicted molar refractivity (Wildman–Crippen MR) is 78.0 cm³/mol. The van der Waals surface area contributed by atoms with Gasteiger partial charge < -0.3 is 9.47 Å². The van der Waals surface area contributed by atoms with Crippen molar-refractivity contribution >= 4 is 11.9 Å². The summed E-state index contributed by atoms with van der Waals surface area (Å²) in [7, 11) is 0. The smallest absolute Gasteiger partial charge is 0.314 e. The van der Waals surface area contributed by atoms with Gasteiger partial charge in [0, 0.05) is 11.8 Å². The summed E-state index contributed by atoms with van der Waals surface area (Å²) in [6, 6.07) is 0. The molecule has 4 nitrogen and oxygen atoms in total. The maximum Gasteiger partial charge on any atom is 0.314 e. The molecule has 0 radical (unpaired) electrons. The summed E-state index contributed by atoms with van der Waals surface area (Å²) in [5.74, 6) is 5.71. The molecule has 2 heterocycles. The van der Waals surface area contributed by atoms with Crippen molar-refractivity contribution < 1.29 is 19.1 Å². The van der Waals surface area contributed by atoms with Gasteiger partial charge in [0.05, 0.1) is 10.8 Å². The summed E-state index contributed by atoms with van der Waals surface area (Å²) in [5, 5.41) is 0. The Labute approximate surface area is 139 Å². The maximum atomic E-state index is 13.5. The minimum Gasteiger partial charge on any atom is -0.462 e. The summed E-state index contributed by atoms with van der Waals surface area (Å²) in [6.45, 7) is 0. The zero-order valence-corrected chi connectivity index (χ0v) is 13.4. The lowest BCUT2D eigenvalue weighted by Gasteiger charge is -2.62. The molecule has 2 spiro atoms. The van der Waals surface area contributed by atoms with E-state index < -0.39 is 10.8 Å². The highest BCUT2D eigenvalue weighted by Crippen LogP contribution is 2.99. The Balaban J connectivity index is 1.45. The normalized spacial score (nSPS) is 78.5. The van der Waals surface area contributed by atoms with Gasteiger partial charge in [0.15, 0.2) is 0 Å². The summed E-state index contributed by atoms with van der Waals surface area (Å²) in [5.41, 5.74) is -0.902. The minimum absolute atomic E-state index is 0.0392. The second-order valence-corrected chi connectivity index (χ2v) is 10.5. The molecule has 0 N–H and O–H groups in total. The number of carbonyl (C=O) groups is 2. The highest BCUT2D eigenvalue weighted by molar-refractivity contribution is 5.96. The van der Waals surface area contributed by atoms with Gasteiger partial charge in [-0.25, -0.2) is 0 Å². The highest BCUT2D eigenvalue weighted by atomic mass is 16.6. The molecule has 0 aromatic rings. The number of carbonyl (C=O) groups excluding carboxylic acids is 2. The fourth-order valence-electron chi connectivity index (χ4n) is 12.0. The highest BCUT2D eigenvalue weighted by Gasteiger charge is 3.03. The van der Waals surface area contributed by atoms with Gasteiger partial charge >= 0.3 is 11.9 Å². The maximum absolute atomic E-state index is 13.5. The van der Waals surface area contributed by atoms with Gasteiger partial charge in [-0.15, -0.1) is 0 Å². The van der Waals surface area contributed by atoms with Crippen molar-refractivity contribution in [3.63, 3.8) is 0 Å². The molecule has 8 saturated carbocycles. The van der Waals surface area contributed by atoms with E-state index in [1.807, 2.05) is 0 Å². The zero-order valence-electron chi connectivity index (χ0n) is 13.4. The summed E-state index contributed by atoms with van der Waals surface area (Å²) < 4.78 is 12.2. The van der Waals surface area contributed by atoms with E-state index in [4.69, 9.17) is 9.47 Å². The van der Waals surface area contributed by atoms with Crippen molar-refractivity contribution in [2.24, 2.45) is 70.0 Å². The summed E-state index contributed by atoms with van der Waals surface area (Å²) in [4.78, 5) is 27.0. The molecule has 4 heteroatoms. The Bertz CT molecular complexity index is 723. The lowest BCUT2D eigenvalue weighted by atomic mass is 9.42. The number of esters is 2. The lowest BCUT2D eigenvalue weighted by Crippen LogP contribution is -2.71. The summed E-state index contributed by atoms with van der Waals surface area (Å²) in [6.07, 6.45) is 4.77. The van der Waals surface area contributed by atoms with E-state index in [1.54, 1.807) is 0 Å². The topological polar surface area (TPSA) is 52.6 Å². The van der Waals surface area contributed by atoms with Crippen LogP contribution in [0, 0.1) is 70.0 Å². The SMILES string of the molecule is O=C1O[C@@H]2CC[C@@H]3[C@@H]2[C@H]2[C@H]4[C@@H]5[C@@H]6[C@@H]7[C@H]8CC[C@H]7OC(=O)[C@]6([C@@H]34)[C@@]12[C@H]85. The van der Waals surface area contributed by atoms with Crippen LogP contribution in [0.25, 0.3) is 0 Å². The predicted octanol–water partition coefficient (Wildman–Crippen LogP) is 1.63. The third kappa shape index (κ3) is 0.641. The molecule has 8 bridgehead atoms. The quantitative estimate of drug-likeness (QED) is 0.636. The second-order valence-electron chi connectivity index (χ2n) is 10.5. The van der Waals surface area contributed by atoms with Crippen molar-refractivity contribution in [2.45, 2.75) is 37.9 Å². The second kappa shape index (κ2) is 2.77. The average molecular weight is 324 g/mol. The van der Waals surface area contributed by atoms with Crippen LogP contribution in [0.4, 0.5) is 0 Å². The van der Waals surface area contributed by atoms with Crippen molar-refractivity contribution in [2.75, 3.05) is 0 Å². The fraction of sp³-hybridized carbons (Fsp3) is 0.900. The third-order valence-corrected chi connectivity index (χ3v) is 11.3. The van der Waals surface area contributed by atoms with E-state index in [-0.39, 0.29) is 24.1 Å². The van der Waals surface area contributed by atoms with E-state index >= 15 is 0 Å². The van der Waals surface area contributed by atoms with E-state index in [0.29, 0.717) is 59.2 Å². The lowest BCUT2D eigenvalue weighted by molar-refractivity contribution is -0.250. The van der Waals surface area contributed by atoms with Crippen molar-refractivity contribution in [1.82, 2.24) is 0 Å². The molecule has 8 aliphatic carbocycles. The van der Waals surface area contributed by atoms with Crippen LogP contribution in [0.1, 0.15) is 25.7 Å². The molecule has 10 aliphatic rings. The first kappa shape index (κ1) is 11.5.